The third-order valence-corrected chi connectivity index (χ3v) is 9.09. The van der Waals surface area contributed by atoms with Crippen molar-refractivity contribution in [1.82, 2.24) is 8.87 Å². The van der Waals surface area contributed by atoms with Gasteiger partial charge in [-0.2, -0.15) is 0 Å². The fourth-order valence-corrected chi connectivity index (χ4v) is 7.43. The summed E-state index contributed by atoms with van der Waals surface area (Å²) in [6.45, 7) is 2.89. The molecule has 1 aromatic heterocycles. The average molecular weight is 437 g/mol. The van der Waals surface area contributed by atoms with Gasteiger partial charge in [0.25, 0.3) is 15.9 Å². The lowest BCUT2D eigenvalue weighted by Gasteiger charge is -2.17. The van der Waals surface area contributed by atoms with E-state index in [-0.39, 0.29) is 28.0 Å². The lowest BCUT2D eigenvalue weighted by molar-refractivity contribution is 0.0820. The van der Waals surface area contributed by atoms with Gasteiger partial charge in [0.2, 0.25) is 0 Å². The Hall–Kier alpha value is -2.46. The van der Waals surface area contributed by atoms with Crippen molar-refractivity contribution in [3.8, 4) is 0 Å². The van der Waals surface area contributed by atoms with Crippen LogP contribution >= 0.6 is 0 Å². The van der Waals surface area contributed by atoms with E-state index in [4.69, 9.17) is 0 Å². The number of sulfone groups is 1. The van der Waals surface area contributed by atoms with Crippen LogP contribution < -0.4 is 0 Å². The number of aryl methyl sites for hydroxylation is 1. The normalized spacial score (nSPS) is 22.1. The summed E-state index contributed by atoms with van der Waals surface area (Å²) in [4.78, 5) is 25.4. The van der Waals surface area contributed by atoms with Gasteiger partial charge in [-0.15, -0.1) is 0 Å². The maximum atomic E-state index is 12.9. The zero-order chi connectivity index (χ0) is 21.1. The van der Waals surface area contributed by atoms with Crippen LogP contribution in [0.5, 0.6) is 0 Å². The number of aromatic nitrogens is 1. The van der Waals surface area contributed by atoms with Crippen molar-refractivity contribution in [2.45, 2.75) is 31.2 Å². The maximum Gasteiger partial charge on any atom is 0.269 e. The Morgan fingerprint density at radius 2 is 1.83 bits per heavy atom. The molecule has 1 atom stereocenters. The van der Waals surface area contributed by atoms with Gasteiger partial charge in [-0.05, 0) is 38.5 Å². The van der Waals surface area contributed by atoms with E-state index in [9.17, 15) is 26.4 Å². The highest BCUT2D eigenvalue weighted by molar-refractivity contribution is 7.91. The Bertz CT molecular complexity index is 1260. The van der Waals surface area contributed by atoms with Crippen LogP contribution in [0.25, 0.3) is 0 Å². The summed E-state index contributed by atoms with van der Waals surface area (Å²) in [5.41, 5.74) is 1.66. The Balaban J connectivity index is 1.64. The second-order valence-corrected chi connectivity index (χ2v) is 11.5. The highest BCUT2D eigenvalue weighted by Gasteiger charge is 2.42. The largest absolute Gasteiger partial charge is 0.344 e. The number of carbonyl (C=O) groups excluding carboxylic acids is 2. The van der Waals surface area contributed by atoms with Crippen molar-refractivity contribution in [3.63, 3.8) is 0 Å². The zero-order valence-electron chi connectivity index (χ0n) is 16.0. The first-order chi connectivity index (χ1) is 13.5. The molecule has 4 rings (SSSR count). The van der Waals surface area contributed by atoms with Crippen molar-refractivity contribution in [1.29, 1.82) is 0 Å². The summed E-state index contributed by atoms with van der Waals surface area (Å²) in [7, 11) is -7.17. The molecular weight excluding hydrogens is 416 g/mol. The van der Waals surface area contributed by atoms with Crippen LogP contribution in [0.1, 0.15) is 44.6 Å². The minimum absolute atomic E-state index is 0.0191. The van der Waals surface area contributed by atoms with Gasteiger partial charge in [0, 0.05) is 23.0 Å². The summed E-state index contributed by atoms with van der Waals surface area (Å²) in [6.07, 6.45) is 0.473. The number of sulfonamides is 1. The van der Waals surface area contributed by atoms with Gasteiger partial charge in [0.05, 0.1) is 17.1 Å². The molecule has 2 aliphatic heterocycles. The number of benzene rings is 1. The van der Waals surface area contributed by atoms with E-state index in [2.05, 4.69) is 0 Å². The molecule has 0 aliphatic carbocycles. The van der Waals surface area contributed by atoms with Crippen molar-refractivity contribution in [3.05, 3.63) is 52.8 Å². The highest BCUT2D eigenvalue weighted by atomic mass is 32.2. The molecule has 2 aliphatic rings. The first-order valence-electron chi connectivity index (χ1n) is 9.11. The molecule has 154 valence electrons. The van der Waals surface area contributed by atoms with Crippen LogP contribution in [0, 0.1) is 13.8 Å². The molecule has 0 radical (unpaired) electrons. The molecule has 1 amide bonds. The van der Waals surface area contributed by atoms with Crippen LogP contribution in [0.15, 0.2) is 35.2 Å². The lowest BCUT2D eigenvalue weighted by Crippen LogP contribution is -2.35. The molecule has 29 heavy (non-hydrogen) atoms. The molecule has 1 saturated heterocycles. The van der Waals surface area contributed by atoms with E-state index in [0.717, 1.165) is 5.69 Å². The van der Waals surface area contributed by atoms with E-state index < -0.39 is 38.1 Å². The van der Waals surface area contributed by atoms with E-state index in [1.807, 2.05) is 4.57 Å². The second kappa shape index (κ2) is 6.53. The summed E-state index contributed by atoms with van der Waals surface area (Å²) >= 11 is 0. The smallest absolute Gasteiger partial charge is 0.269 e. The van der Waals surface area contributed by atoms with Crippen LogP contribution in [-0.2, 0) is 19.9 Å². The van der Waals surface area contributed by atoms with E-state index in [1.54, 1.807) is 26.0 Å². The molecule has 8 nitrogen and oxygen atoms in total. The van der Waals surface area contributed by atoms with Gasteiger partial charge in [0.1, 0.15) is 11.4 Å². The maximum absolute atomic E-state index is 12.9. The second-order valence-electron chi connectivity index (χ2n) is 7.45. The molecule has 0 bridgehead atoms. The first-order valence-corrected chi connectivity index (χ1v) is 12.4. The molecule has 2 aromatic rings. The van der Waals surface area contributed by atoms with Crippen LogP contribution in [0.2, 0.25) is 0 Å². The summed E-state index contributed by atoms with van der Waals surface area (Å²) in [5.74, 6) is -1.10. The number of amides is 1. The molecule has 3 heterocycles. The van der Waals surface area contributed by atoms with Crippen molar-refractivity contribution in [2.24, 2.45) is 0 Å². The number of rotatable bonds is 4. The first kappa shape index (κ1) is 19.8. The zero-order valence-corrected chi connectivity index (χ0v) is 17.6. The fourth-order valence-electron chi connectivity index (χ4n) is 4.20. The number of carbonyl (C=O) groups is 2. The predicted octanol–water partition coefficient (Wildman–Crippen LogP) is 1.49. The number of hydrogen-bond acceptors (Lipinski definition) is 6. The molecule has 0 spiro atoms. The SMILES string of the molecule is Cc1cc(C(=O)CN2C(=O)c3ccccc3S2(=O)=O)c(C)n1[C@H]1CCS(=O)(=O)C1. The van der Waals surface area contributed by atoms with Gasteiger partial charge in [0.15, 0.2) is 15.6 Å². The Morgan fingerprint density at radius 3 is 2.45 bits per heavy atom. The number of hydrogen-bond donors (Lipinski definition) is 0. The molecule has 0 unspecified atom stereocenters. The lowest BCUT2D eigenvalue weighted by atomic mass is 10.1. The number of ketones is 1. The standard InChI is InChI=1S/C19H20N2O6S2/c1-12-9-16(13(2)21(12)14-7-8-28(24,25)11-14)17(22)10-20-19(23)15-5-3-4-6-18(15)29(20,26)27/h3-6,9,14H,7-8,10-11H2,1-2H3/t14-/m0/s1. The Kier molecular flexibility index (Phi) is 4.47. The van der Waals surface area contributed by atoms with Crippen LogP contribution in [0.3, 0.4) is 0 Å². The highest BCUT2D eigenvalue weighted by Crippen LogP contribution is 2.32. The topological polar surface area (TPSA) is 111 Å². The quantitative estimate of drug-likeness (QED) is 0.672. The number of fused-ring (bicyclic) bond motifs is 1. The van der Waals surface area contributed by atoms with Gasteiger partial charge in [-0.25, -0.2) is 21.1 Å². The van der Waals surface area contributed by atoms with Crippen molar-refractivity contribution < 1.29 is 26.4 Å². The Labute approximate surface area is 169 Å². The minimum Gasteiger partial charge on any atom is -0.344 e. The molecule has 10 heteroatoms. The Morgan fingerprint density at radius 1 is 1.14 bits per heavy atom. The number of nitrogens with zero attached hydrogens (tertiary/aromatic N) is 2. The van der Waals surface area contributed by atoms with Gasteiger partial charge < -0.3 is 4.57 Å². The fraction of sp³-hybridized carbons (Fsp3) is 0.368. The minimum atomic E-state index is -4.07. The number of Topliss-reactive ketones (excluding diaryl/α,β-unsaturated/α-hetero) is 1. The summed E-state index contributed by atoms with van der Waals surface area (Å²) < 4.78 is 51.5. The molecular formula is C19H20N2O6S2. The summed E-state index contributed by atoms with van der Waals surface area (Å²) in [6, 6.07) is 7.25. The predicted molar refractivity (Wildman–Crippen MR) is 105 cm³/mol. The average Bonchev–Trinajstić information content (AvgIpc) is 3.22. The molecule has 0 saturated carbocycles. The van der Waals surface area contributed by atoms with Crippen molar-refractivity contribution >= 4 is 31.6 Å². The van der Waals surface area contributed by atoms with E-state index in [0.29, 0.717) is 22.0 Å². The molecule has 1 fully saturated rings. The molecule has 1 aromatic carbocycles. The van der Waals surface area contributed by atoms with Gasteiger partial charge in [-0.3, -0.25) is 9.59 Å². The van der Waals surface area contributed by atoms with E-state index >= 15 is 0 Å². The third-order valence-electron chi connectivity index (χ3n) is 5.56. The summed E-state index contributed by atoms with van der Waals surface area (Å²) in [5, 5.41) is 0. The monoisotopic (exact) mass is 436 g/mol. The van der Waals surface area contributed by atoms with Crippen LogP contribution in [-0.4, -0.2) is 55.4 Å². The van der Waals surface area contributed by atoms with Gasteiger partial charge >= 0.3 is 0 Å². The third kappa shape index (κ3) is 3.10. The van der Waals surface area contributed by atoms with E-state index in [1.165, 1.54) is 18.2 Å². The van der Waals surface area contributed by atoms with Crippen LogP contribution in [0.4, 0.5) is 0 Å². The van der Waals surface area contributed by atoms with Crippen molar-refractivity contribution in [2.75, 3.05) is 18.1 Å². The molecule has 0 N–H and O–H groups in total. The van der Waals surface area contributed by atoms with Gasteiger partial charge in [-0.1, -0.05) is 12.1 Å².